The highest BCUT2D eigenvalue weighted by Crippen LogP contribution is 2.21. The normalized spacial score (nSPS) is 18.9. The van der Waals surface area contributed by atoms with Crippen molar-refractivity contribution >= 4 is 37.6 Å². The Labute approximate surface area is 160 Å². The third kappa shape index (κ3) is 5.13. The number of halogens is 2. The number of aromatic nitrogens is 2. The third-order valence-corrected chi connectivity index (χ3v) is 6.34. The second-order valence-electron chi connectivity index (χ2n) is 5.81. The first-order valence-electron chi connectivity index (χ1n) is 7.79. The molecule has 0 saturated carbocycles. The molecule has 0 bridgehead atoms. The number of piperidine rings is 1. The van der Waals surface area contributed by atoms with Gasteiger partial charge in [0.1, 0.15) is 6.10 Å². The van der Waals surface area contributed by atoms with Crippen LogP contribution in [0.5, 0.6) is 6.01 Å². The van der Waals surface area contributed by atoms with Gasteiger partial charge in [-0.05, 0) is 46.5 Å². The van der Waals surface area contributed by atoms with Crippen molar-refractivity contribution in [3.8, 4) is 6.01 Å². The van der Waals surface area contributed by atoms with Crippen LogP contribution < -0.4 is 4.74 Å². The number of rotatable bonds is 5. The molecular weight excluding hydrogens is 430 g/mol. The molecule has 1 aliphatic heterocycles. The van der Waals surface area contributed by atoms with E-state index in [1.807, 2.05) is 0 Å². The standard InChI is InChI=1S/C16H17BrClN3O3S/c17-13-8-19-16(20-9-13)24-15-2-1-7-21(10-15)25(22,23)11-12-3-5-14(18)6-4-12/h3-6,8-9,15H,1-2,7,10-11H2/t15-/m0/s1. The van der Waals surface area contributed by atoms with E-state index in [-0.39, 0.29) is 17.9 Å². The topological polar surface area (TPSA) is 72.4 Å². The van der Waals surface area contributed by atoms with E-state index >= 15 is 0 Å². The summed E-state index contributed by atoms with van der Waals surface area (Å²) >= 11 is 9.11. The summed E-state index contributed by atoms with van der Waals surface area (Å²) in [6.45, 7) is 0.798. The van der Waals surface area contributed by atoms with E-state index in [4.69, 9.17) is 16.3 Å². The maximum Gasteiger partial charge on any atom is 0.316 e. The molecule has 1 saturated heterocycles. The average Bonchev–Trinajstić information content (AvgIpc) is 2.59. The molecule has 1 fully saturated rings. The molecule has 0 unspecified atom stereocenters. The van der Waals surface area contributed by atoms with E-state index in [0.717, 1.165) is 17.3 Å². The molecule has 1 aromatic carbocycles. The Morgan fingerprint density at radius 2 is 1.92 bits per heavy atom. The van der Waals surface area contributed by atoms with E-state index in [1.54, 1.807) is 36.7 Å². The lowest BCUT2D eigenvalue weighted by atomic mass is 10.1. The fourth-order valence-electron chi connectivity index (χ4n) is 2.65. The molecule has 1 aliphatic rings. The molecule has 25 heavy (non-hydrogen) atoms. The molecular formula is C16H17BrClN3O3S. The highest BCUT2D eigenvalue weighted by Gasteiger charge is 2.30. The summed E-state index contributed by atoms with van der Waals surface area (Å²) in [5.74, 6) is -0.0499. The predicted molar refractivity (Wildman–Crippen MR) is 99.0 cm³/mol. The lowest BCUT2D eigenvalue weighted by Gasteiger charge is -2.31. The largest absolute Gasteiger partial charge is 0.459 e. The average molecular weight is 447 g/mol. The molecule has 6 nitrogen and oxygen atoms in total. The first-order chi connectivity index (χ1) is 11.9. The zero-order valence-corrected chi connectivity index (χ0v) is 16.5. The molecule has 0 amide bonds. The highest BCUT2D eigenvalue weighted by atomic mass is 79.9. The molecule has 0 aliphatic carbocycles. The van der Waals surface area contributed by atoms with E-state index in [2.05, 4.69) is 25.9 Å². The smallest absolute Gasteiger partial charge is 0.316 e. The van der Waals surface area contributed by atoms with Gasteiger partial charge in [0, 0.05) is 24.0 Å². The van der Waals surface area contributed by atoms with Crippen LogP contribution in [0, 0.1) is 0 Å². The lowest BCUT2D eigenvalue weighted by molar-refractivity contribution is 0.119. The van der Waals surface area contributed by atoms with Crippen molar-refractivity contribution in [3.05, 3.63) is 51.7 Å². The Balaban J connectivity index is 1.65. The van der Waals surface area contributed by atoms with E-state index in [1.165, 1.54) is 4.31 Å². The molecule has 9 heteroatoms. The van der Waals surface area contributed by atoms with Crippen LogP contribution in [-0.2, 0) is 15.8 Å². The summed E-state index contributed by atoms with van der Waals surface area (Å²) in [4.78, 5) is 8.15. The van der Waals surface area contributed by atoms with Crippen LogP contribution in [0.15, 0.2) is 41.1 Å². The maximum atomic E-state index is 12.7. The van der Waals surface area contributed by atoms with Crippen LogP contribution in [-0.4, -0.2) is 41.9 Å². The lowest BCUT2D eigenvalue weighted by Crippen LogP contribution is -2.44. The Bertz CT molecular complexity index is 816. The Morgan fingerprint density at radius 3 is 2.60 bits per heavy atom. The Morgan fingerprint density at radius 1 is 1.24 bits per heavy atom. The van der Waals surface area contributed by atoms with Gasteiger partial charge < -0.3 is 4.74 Å². The van der Waals surface area contributed by atoms with Gasteiger partial charge in [0.05, 0.1) is 16.8 Å². The summed E-state index contributed by atoms with van der Waals surface area (Å²) in [5.41, 5.74) is 0.712. The summed E-state index contributed by atoms with van der Waals surface area (Å²) in [6, 6.07) is 7.10. The first kappa shape index (κ1) is 18.6. The zero-order valence-electron chi connectivity index (χ0n) is 13.3. The molecule has 0 N–H and O–H groups in total. The molecule has 2 aromatic rings. The van der Waals surface area contributed by atoms with Crippen LogP contribution in [0.3, 0.4) is 0 Å². The molecule has 3 rings (SSSR count). The molecule has 1 aromatic heterocycles. The number of nitrogens with zero attached hydrogens (tertiary/aromatic N) is 3. The van der Waals surface area contributed by atoms with Crippen molar-refractivity contribution in [1.29, 1.82) is 0 Å². The van der Waals surface area contributed by atoms with Crippen LogP contribution >= 0.6 is 27.5 Å². The van der Waals surface area contributed by atoms with Gasteiger partial charge in [-0.3, -0.25) is 0 Å². The molecule has 134 valence electrons. The summed E-state index contributed by atoms with van der Waals surface area (Å²) in [6.07, 6.45) is 4.45. The third-order valence-electron chi connectivity index (χ3n) is 3.87. The fraction of sp³-hybridized carbons (Fsp3) is 0.375. The number of sulfonamides is 1. The van der Waals surface area contributed by atoms with E-state index in [9.17, 15) is 8.42 Å². The minimum Gasteiger partial charge on any atom is -0.459 e. The van der Waals surface area contributed by atoms with Gasteiger partial charge >= 0.3 is 6.01 Å². The second-order valence-corrected chi connectivity index (χ2v) is 9.13. The van der Waals surface area contributed by atoms with Gasteiger partial charge in [0.25, 0.3) is 0 Å². The van der Waals surface area contributed by atoms with Gasteiger partial charge in [-0.2, -0.15) is 4.31 Å². The van der Waals surface area contributed by atoms with Crippen LogP contribution in [0.1, 0.15) is 18.4 Å². The SMILES string of the molecule is O=S(=O)(Cc1ccc(Cl)cc1)N1CCC[C@H](Oc2ncc(Br)cn2)C1. The molecule has 0 spiro atoms. The Hall–Kier alpha value is -1.22. The summed E-state index contributed by atoms with van der Waals surface area (Å²) in [5, 5.41) is 0.585. The highest BCUT2D eigenvalue weighted by molar-refractivity contribution is 9.10. The first-order valence-corrected chi connectivity index (χ1v) is 10.6. The monoisotopic (exact) mass is 445 g/mol. The van der Waals surface area contributed by atoms with Crippen molar-refractivity contribution in [3.63, 3.8) is 0 Å². The summed E-state index contributed by atoms with van der Waals surface area (Å²) < 4.78 is 33.3. The van der Waals surface area contributed by atoms with Crippen molar-refractivity contribution in [2.45, 2.75) is 24.7 Å². The van der Waals surface area contributed by atoms with Crippen molar-refractivity contribution in [2.75, 3.05) is 13.1 Å². The van der Waals surface area contributed by atoms with Crippen molar-refractivity contribution < 1.29 is 13.2 Å². The van der Waals surface area contributed by atoms with Gasteiger partial charge in [-0.15, -0.1) is 0 Å². The predicted octanol–water partition coefficient (Wildman–Crippen LogP) is 3.27. The molecule has 2 heterocycles. The minimum absolute atomic E-state index is 0.0499. The van der Waals surface area contributed by atoms with Crippen LogP contribution in [0.25, 0.3) is 0 Å². The number of hydrogen-bond donors (Lipinski definition) is 0. The fourth-order valence-corrected chi connectivity index (χ4v) is 4.57. The number of benzene rings is 1. The van der Waals surface area contributed by atoms with Crippen molar-refractivity contribution in [2.24, 2.45) is 0 Å². The van der Waals surface area contributed by atoms with Crippen molar-refractivity contribution in [1.82, 2.24) is 14.3 Å². The maximum absolute atomic E-state index is 12.7. The number of hydrogen-bond acceptors (Lipinski definition) is 5. The second kappa shape index (κ2) is 7.99. The zero-order chi connectivity index (χ0) is 17.9. The molecule has 1 atom stereocenters. The van der Waals surface area contributed by atoms with Gasteiger partial charge in [0.2, 0.25) is 10.0 Å². The quantitative estimate of drug-likeness (QED) is 0.705. The number of ether oxygens (including phenoxy) is 1. The van der Waals surface area contributed by atoms with Crippen LogP contribution in [0.2, 0.25) is 5.02 Å². The van der Waals surface area contributed by atoms with E-state index < -0.39 is 10.0 Å². The Kier molecular flexibility index (Phi) is 5.93. The van der Waals surface area contributed by atoms with Gasteiger partial charge in [-0.1, -0.05) is 23.7 Å². The van der Waals surface area contributed by atoms with Crippen LogP contribution in [0.4, 0.5) is 0 Å². The van der Waals surface area contributed by atoms with E-state index in [0.29, 0.717) is 23.7 Å². The minimum atomic E-state index is -3.42. The van der Waals surface area contributed by atoms with Gasteiger partial charge in [0.15, 0.2) is 0 Å². The molecule has 0 radical (unpaired) electrons. The van der Waals surface area contributed by atoms with Gasteiger partial charge in [-0.25, -0.2) is 18.4 Å². The summed E-state index contributed by atoms with van der Waals surface area (Å²) in [7, 11) is -3.42.